The number of nitrogens with zero attached hydrogens (tertiary/aromatic N) is 1. The predicted molar refractivity (Wildman–Crippen MR) is 70.9 cm³/mol. The van der Waals surface area contributed by atoms with Crippen LogP contribution < -0.4 is 9.64 Å². The first-order valence-corrected chi connectivity index (χ1v) is 6.56. The molecule has 0 amide bonds. The molecular weight excluding hydrogens is 287 g/mol. The number of carboxylic acids is 1. The van der Waals surface area contributed by atoms with E-state index >= 15 is 0 Å². The molecule has 0 spiro atoms. The number of piperidine rings is 1. The molecule has 21 heavy (non-hydrogen) atoms. The number of hydrogen-bond acceptors (Lipinski definition) is 3. The number of methoxy groups -OCH3 is 1. The largest absolute Gasteiger partial charge is 0.496 e. The third kappa shape index (κ3) is 3.40. The van der Waals surface area contributed by atoms with Gasteiger partial charge in [-0.25, -0.2) is 4.79 Å². The Balaban J connectivity index is 2.25. The maximum absolute atomic E-state index is 12.8. The molecule has 0 radical (unpaired) electrons. The lowest BCUT2D eigenvalue weighted by Crippen LogP contribution is -2.41. The van der Waals surface area contributed by atoms with Gasteiger partial charge in [0.1, 0.15) is 11.3 Å². The van der Waals surface area contributed by atoms with Crippen molar-refractivity contribution in [2.24, 2.45) is 5.92 Å². The zero-order valence-corrected chi connectivity index (χ0v) is 11.5. The summed E-state index contributed by atoms with van der Waals surface area (Å²) in [6.07, 6.45) is -3.68. The first-order valence-electron chi connectivity index (χ1n) is 6.56. The van der Waals surface area contributed by atoms with Gasteiger partial charge >= 0.3 is 12.1 Å². The van der Waals surface area contributed by atoms with Crippen molar-refractivity contribution in [3.05, 3.63) is 23.8 Å². The molecular formula is C14H16F3NO3. The Labute approximate surface area is 120 Å². The summed E-state index contributed by atoms with van der Waals surface area (Å²) in [7, 11) is 1.35. The van der Waals surface area contributed by atoms with Crippen LogP contribution in [-0.4, -0.2) is 37.5 Å². The van der Waals surface area contributed by atoms with Crippen molar-refractivity contribution >= 4 is 11.7 Å². The summed E-state index contributed by atoms with van der Waals surface area (Å²) in [5, 5.41) is 9.12. The third-order valence-electron chi connectivity index (χ3n) is 3.66. The molecule has 1 saturated heterocycles. The number of ether oxygens (including phenoxy) is 1. The number of rotatable bonds is 3. The van der Waals surface area contributed by atoms with E-state index in [9.17, 15) is 18.0 Å². The highest BCUT2D eigenvalue weighted by atomic mass is 19.4. The van der Waals surface area contributed by atoms with Gasteiger partial charge in [0, 0.05) is 18.8 Å². The maximum Gasteiger partial charge on any atom is 0.393 e. The minimum absolute atomic E-state index is 0.0517. The van der Waals surface area contributed by atoms with Gasteiger partial charge in [0.05, 0.1) is 13.0 Å². The van der Waals surface area contributed by atoms with Crippen LogP contribution in [0.1, 0.15) is 23.2 Å². The zero-order valence-electron chi connectivity index (χ0n) is 11.5. The molecule has 0 bridgehead atoms. The smallest absolute Gasteiger partial charge is 0.393 e. The van der Waals surface area contributed by atoms with Crippen LogP contribution in [0.5, 0.6) is 5.75 Å². The van der Waals surface area contributed by atoms with E-state index in [4.69, 9.17) is 9.84 Å². The fraction of sp³-hybridized carbons (Fsp3) is 0.500. The summed E-state index contributed by atoms with van der Waals surface area (Å²) in [5.41, 5.74) is 0.422. The van der Waals surface area contributed by atoms with E-state index in [0.29, 0.717) is 18.7 Å². The van der Waals surface area contributed by atoms with Gasteiger partial charge in [0.15, 0.2) is 0 Å². The summed E-state index contributed by atoms with van der Waals surface area (Å²) in [6, 6.07) is 4.42. The first kappa shape index (κ1) is 15.5. The van der Waals surface area contributed by atoms with Crippen LogP contribution in [0.2, 0.25) is 0 Å². The second-order valence-corrected chi connectivity index (χ2v) is 5.02. The molecule has 7 heteroatoms. The summed E-state index contributed by atoms with van der Waals surface area (Å²) in [6.45, 7) is 0.340. The highest BCUT2D eigenvalue weighted by Crippen LogP contribution is 2.35. The lowest BCUT2D eigenvalue weighted by molar-refractivity contribution is -0.175. The normalized spacial score (nSPS) is 19.4. The van der Waals surface area contributed by atoms with E-state index in [1.807, 2.05) is 0 Å². The monoisotopic (exact) mass is 303 g/mol. The third-order valence-corrected chi connectivity index (χ3v) is 3.66. The van der Waals surface area contributed by atoms with Crippen LogP contribution in [0.3, 0.4) is 0 Å². The van der Waals surface area contributed by atoms with E-state index in [0.717, 1.165) is 0 Å². The van der Waals surface area contributed by atoms with Gasteiger partial charge in [-0.05, 0) is 31.0 Å². The van der Waals surface area contributed by atoms with Crippen LogP contribution in [0, 0.1) is 5.92 Å². The van der Waals surface area contributed by atoms with Gasteiger partial charge in [-0.1, -0.05) is 0 Å². The van der Waals surface area contributed by atoms with Gasteiger partial charge in [-0.15, -0.1) is 0 Å². The number of benzene rings is 1. The predicted octanol–water partition coefficient (Wildman–Crippen LogP) is 3.17. The Bertz CT molecular complexity index is 531. The molecule has 1 aliphatic rings. The Kier molecular flexibility index (Phi) is 4.29. The number of carboxylic acid groups (broad SMARTS) is 1. The lowest BCUT2D eigenvalue weighted by Gasteiger charge is -2.35. The minimum Gasteiger partial charge on any atom is -0.496 e. The minimum atomic E-state index is -4.22. The second kappa shape index (κ2) is 5.83. The van der Waals surface area contributed by atoms with E-state index < -0.39 is 18.1 Å². The molecule has 1 N–H and O–H groups in total. The van der Waals surface area contributed by atoms with Crippen LogP contribution in [0.4, 0.5) is 18.9 Å². The van der Waals surface area contributed by atoms with Gasteiger partial charge in [0.25, 0.3) is 0 Å². The average molecular weight is 303 g/mol. The molecule has 1 atom stereocenters. The Morgan fingerprint density at radius 3 is 2.71 bits per heavy atom. The number of hydrogen-bond donors (Lipinski definition) is 1. The fourth-order valence-electron chi connectivity index (χ4n) is 2.54. The van der Waals surface area contributed by atoms with E-state index in [1.165, 1.54) is 19.2 Å². The average Bonchev–Trinajstić information content (AvgIpc) is 2.45. The molecule has 0 aliphatic carbocycles. The summed E-state index contributed by atoms with van der Waals surface area (Å²) in [4.78, 5) is 12.7. The Morgan fingerprint density at radius 2 is 2.14 bits per heavy atom. The molecule has 1 aromatic carbocycles. The molecule has 1 heterocycles. The van der Waals surface area contributed by atoms with Crippen LogP contribution in [0.15, 0.2) is 18.2 Å². The van der Waals surface area contributed by atoms with E-state index in [1.54, 1.807) is 11.0 Å². The van der Waals surface area contributed by atoms with Crippen molar-refractivity contribution in [2.75, 3.05) is 25.1 Å². The molecule has 0 aromatic heterocycles. The van der Waals surface area contributed by atoms with Crippen molar-refractivity contribution in [2.45, 2.75) is 19.0 Å². The van der Waals surface area contributed by atoms with Crippen molar-refractivity contribution in [1.82, 2.24) is 0 Å². The fourth-order valence-corrected chi connectivity index (χ4v) is 2.54. The van der Waals surface area contributed by atoms with E-state index in [2.05, 4.69) is 0 Å². The number of aromatic carboxylic acids is 1. The summed E-state index contributed by atoms with van der Waals surface area (Å²) in [5.74, 6) is -2.35. The molecule has 116 valence electrons. The number of halogens is 3. The topological polar surface area (TPSA) is 49.8 Å². The molecule has 1 fully saturated rings. The van der Waals surface area contributed by atoms with Crippen LogP contribution in [-0.2, 0) is 0 Å². The van der Waals surface area contributed by atoms with Crippen molar-refractivity contribution in [3.8, 4) is 5.75 Å². The highest BCUT2D eigenvalue weighted by Gasteiger charge is 2.41. The van der Waals surface area contributed by atoms with Crippen molar-refractivity contribution in [1.29, 1.82) is 0 Å². The van der Waals surface area contributed by atoms with E-state index in [-0.39, 0.29) is 24.3 Å². The maximum atomic E-state index is 12.8. The second-order valence-electron chi connectivity index (χ2n) is 5.02. The number of carbonyl (C=O) groups is 1. The molecule has 2 rings (SSSR count). The highest BCUT2D eigenvalue weighted by molar-refractivity contribution is 5.92. The van der Waals surface area contributed by atoms with Crippen molar-refractivity contribution in [3.63, 3.8) is 0 Å². The Hall–Kier alpha value is -1.92. The summed E-state index contributed by atoms with van der Waals surface area (Å²) < 4.78 is 43.4. The molecule has 4 nitrogen and oxygen atoms in total. The molecule has 1 aromatic rings. The quantitative estimate of drug-likeness (QED) is 0.932. The molecule has 1 unspecified atom stereocenters. The SMILES string of the molecule is COc1ccc(N2CCCC(C(F)(F)F)C2)cc1C(=O)O. The standard InChI is InChI=1S/C14H16F3NO3/c1-21-12-5-4-10(7-11(12)13(19)20)18-6-2-3-9(8-18)14(15,16)17/h4-5,7,9H,2-3,6,8H2,1H3,(H,19,20). The number of anilines is 1. The van der Waals surface area contributed by atoms with Crippen molar-refractivity contribution < 1.29 is 27.8 Å². The van der Waals surface area contributed by atoms with Crippen LogP contribution in [0.25, 0.3) is 0 Å². The van der Waals surface area contributed by atoms with Gasteiger partial charge in [-0.3, -0.25) is 0 Å². The van der Waals surface area contributed by atoms with Gasteiger partial charge < -0.3 is 14.7 Å². The Morgan fingerprint density at radius 1 is 1.43 bits per heavy atom. The van der Waals surface area contributed by atoms with Gasteiger partial charge in [0.2, 0.25) is 0 Å². The first-order chi connectivity index (χ1) is 9.82. The van der Waals surface area contributed by atoms with Gasteiger partial charge in [-0.2, -0.15) is 13.2 Å². The number of alkyl halides is 3. The molecule has 0 saturated carbocycles. The van der Waals surface area contributed by atoms with Crippen LogP contribution >= 0.6 is 0 Å². The lowest BCUT2D eigenvalue weighted by atomic mass is 9.97. The molecule has 1 aliphatic heterocycles. The summed E-state index contributed by atoms with van der Waals surface area (Å²) >= 11 is 0. The zero-order chi connectivity index (χ0) is 15.6.